The van der Waals surface area contributed by atoms with Crippen molar-refractivity contribution >= 4 is 11.4 Å². The normalized spacial score (nSPS) is 16.8. The van der Waals surface area contributed by atoms with Gasteiger partial charge in [-0.1, -0.05) is 53.6 Å². The third-order valence-electron chi connectivity index (χ3n) is 9.58. The highest BCUT2D eigenvalue weighted by atomic mass is 19.1. The Bertz CT molecular complexity index is 1590. The van der Waals surface area contributed by atoms with E-state index in [2.05, 4.69) is 79.9 Å². The Morgan fingerprint density at radius 3 is 1.33 bits per heavy atom. The lowest BCUT2D eigenvalue weighted by molar-refractivity contribution is 0.198. The van der Waals surface area contributed by atoms with Gasteiger partial charge in [-0.05, 0) is 90.2 Å². The van der Waals surface area contributed by atoms with Crippen molar-refractivity contribution in [1.82, 2.24) is 9.80 Å². The number of benzene rings is 4. The van der Waals surface area contributed by atoms with E-state index in [9.17, 15) is 8.78 Å². The van der Waals surface area contributed by atoms with Crippen molar-refractivity contribution in [1.29, 1.82) is 0 Å². The molecule has 0 aliphatic carbocycles. The molecule has 6 rings (SSSR count). The molecule has 0 radical (unpaired) electrons. The maximum Gasteiger partial charge on any atom is 0.123 e. The quantitative estimate of drug-likeness (QED) is 0.114. The molecule has 48 heavy (non-hydrogen) atoms. The second kappa shape index (κ2) is 17.1. The molecule has 0 aromatic heterocycles. The van der Waals surface area contributed by atoms with Crippen molar-refractivity contribution in [2.45, 2.75) is 39.0 Å². The van der Waals surface area contributed by atoms with Crippen LogP contribution in [0.25, 0.3) is 10.4 Å². The van der Waals surface area contributed by atoms with Crippen LogP contribution in [0.1, 0.15) is 48.2 Å². The second-order valence-corrected chi connectivity index (χ2v) is 12.4. The number of rotatable bonds is 9. The van der Waals surface area contributed by atoms with Crippen molar-refractivity contribution in [3.05, 3.63) is 141 Å². The van der Waals surface area contributed by atoms with E-state index in [1.54, 1.807) is 0 Å². The largest absolute Gasteiger partial charge is 0.369 e. The highest BCUT2D eigenvalue weighted by molar-refractivity contribution is 5.47. The number of piperazine rings is 2. The zero-order valence-electron chi connectivity index (χ0n) is 27.9. The lowest BCUT2D eigenvalue weighted by Crippen LogP contribution is -2.47. The molecule has 2 aliphatic heterocycles. The minimum absolute atomic E-state index is 0.179. The van der Waals surface area contributed by atoms with Gasteiger partial charge in [0.2, 0.25) is 0 Å². The summed E-state index contributed by atoms with van der Waals surface area (Å²) >= 11 is 0. The monoisotopic (exact) mass is 652 g/mol. The van der Waals surface area contributed by atoms with E-state index in [1.807, 2.05) is 36.4 Å². The fourth-order valence-electron chi connectivity index (χ4n) is 6.41. The zero-order chi connectivity index (χ0) is 33.9. The summed E-state index contributed by atoms with van der Waals surface area (Å²) in [7, 11) is 0. The van der Waals surface area contributed by atoms with Crippen LogP contribution in [0, 0.1) is 11.6 Å². The predicted molar refractivity (Wildman–Crippen MR) is 191 cm³/mol. The highest BCUT2D eigenvalue weighted by Crippen LogP contribution is 2.26. The van der Waals surface area contributed by atoms with E-state index in [-0.39, 0.29) is 11.6 Å². The Morgan fingerprint density at radius 1 is 0.604 bits per heavy atom. The van der Waals surface area contributed by atoms with Crippen molar-refractivity contribution < 1.29 is 8.78 Å². The first kappa shape index (κ1) is 34.9. The fourth-order valence-corrected chi connectivity index (χ4v) is 6.41. The van der Waals surface area contributed by atoms with Gasteiger partial charge in [0.1, 0.15) is 11.6 Å². The minimum atomic E-state index is -0.195. The Hall–Kier alpha value is -4.47. The van der Waals surface area contributed by atoms with Crippen LogP contribution in [0.4, 0.5) is 20.2 Å². The summed E-state index contributed by atoms with van der Waals surface area (Å²) in [5.41, 5.74) is 21.0. The van der Waals surface area contributed by atoms with Gasteiger partial charge in [0.25, 0.3) is 0 Å². The zero-order valence-corrected chi connectivity index (χ0v) is 27.9. The molecule has 2 atom stereocenters. The average Bonchev–Trinajstić information content (AvgIpc) is 3.15. The molecule has 2 heterocycles. The number of nitrogens with two attached hydrogens (primary N) is 1. The summed E-state index contributed by atoms with van der Waals surface area (Å²) in [5, 5.41) is 3.59. The molecule has 8 nitrogen and oxygen atoms in total. The van der Waals surface area contributed by atoms with Gasteiger partial charge < -0.3 is 15.5 Å². The van der Waals surface area contributed by atoms with Gasteiger partial charge in [0, 0.05) is 87.3 Å². The number of hydrogen-bond donors (Lipinski definition) is 1. The molecular weight excluding hydrogens is 606 g/mol. The second-order valence-electron chi connectivity index (χ2n) is 12.4. The molecule has 2 N–H and O–H groups in total. The lowest BCUT2D eigenvalue weighted by Gasteiger charge is -2.39. The van der Waals surface area contributed by atoms with Crippen molar-refractivity contribution in [3.63, 3.8) is 0 Å². The summed E-state index contributed by atoms with van der Waals surface area (Å²) in [6.07, 6.45) is 0. The smallest absolute Gasteiger partial charge is 0.123 e. The summed E-state index contributed by atoms with van der Waals surface area (Å²) in [4.78, 5) is 12.4. The number of nitrogens with zero attached hydrogens (tertiary/aromatic N) is 7. The number of anilines is 2. The van der Waals surface area contributed by atoms with Crippen LogP contribution < -0.4 is 15.5 Å². The molecule has 252 valence electrons. The van der Waals surface area contributed by atoms with Crippen LogP contribution in [0.2, 0.25) is 0 Å². The molecule has 4 aromatic carbocycles. The molecule has 0 amide bonds. The lowest BCUT2D eigenvalue weighted by atomic mass is 10.0. The molecule has 2 aliphatic rings. The number of hydrogen-bond acceptors (Lipinski definition) is 6. The van der Waals surface area contributed by atoms with Crippen molar-refractivity contribution in [3.8, 4) is 0 Å². The van der Waals surface area contributed by atoms with Gasteiger partial charge in [-0.2, -0.15) is 0 Å². The van der Waals surface area contributed by atoms with E-state index >= 15 is 0 Å². The van der Waals surface area contributed by atoms with Crippen LogP contribution >= 0.6 is 0 Å². The summed E-state index contributed by atoms with van der Waals surface area (Å²) < 4.78 is 26.1. The maximum atomic E-state index is 13.1. The first-order valence-electron chi connectivity index (χ1n) is 16.7. The Balaban J connectivity index is 0.000000188. The van der Waals surface area contributed by atoms with Gasteiger partial charge >= 0.3 is 0 Å². The predicted octanol–water partition coefficient (Wildman–Crippen LogP) is 7.69. The van der Waals surface area contributed by atoms with Gasteiger partial charge in [-0.3, -0.25) is 9.80 Å². The molecule has 2 fully saturated rings. The van der Waals surface area contributed by atoms with Gasteiger partial charge in [-0.15, -0.1) is 0 Å². The maximum absolute atomic E-state index is 13.1. The third-order valence-corrected chi connectivity index (χ3v) is 9.58. The third kappa shape index (κ3) is 9.33. The first-order valence-corrected chi connectivity index (χ1v) is 16.7. The summed E-state index contributed by atoms with van der Waals surface area (Å²) in [6.45, 7) is 13.2. The van der Waals surface area contributed by atoms with Crippen LogP contribution in [0.15, 0.2) is 102 Å². The van der Waals surface area contributed by atoms with Crippen molar-refractivity contribution in [2.24, 2.45) is 10.8 Å². The Morgan fingerprint density at radius 2 is 0.979 bits per heavy atom. The standard InChI is InChI=1S/C19H22FN5.C19H24FN3/c1-15(17-4-2-16(3-5-17)14-22-23-21)24-10-12-25(13-11-24)19-8-6-18(20)7-9-19;1-15(17-4-2-16(14-21)3-5-17)22-10-12-23(13-11-22)19-8-6-18(20)7-9-19/h2-9,15H,10-14H2,1H3;2-9,15H,10-14,21H2,1H3/t2*15-/m11/s1. The molecule has 0 unspecified atom stereocenters. The van der Waals surface area contributed by atoms with Gasteiger partial charge in [0.15, 0.2) is 0 Å². The summed E-state index contributed by atoms with van der Waals surface area (Å²) in [6, 6.07) is 31.1. The van der Waals surface area contributed by atoms with Crippen LogP contribution in [-0.4, -0.2) is 62.2 Å². The average molecular weight is 653 g/mol. The Labute approximate surface area is 283 Å². The molecule has 4 aromatic rings. The van der Waals surface area contributed by atoms with E-state index in [0.29, 0.717) is 25.2 Å². The SMILES string of the molecule is C[C@H](c1ccc(CN)cc1)N1CCN(c2ccc(F)cc2)CC1.C[C@H](c1ccc(CN=[N+]=[N-])cc1)N1CCN(c2ccc(F)cc2)CC1. The van der Waals surface area contributed by atoms with E-state index in [1.165, 1.54) is 41.0 Å². The van der Waals surface area contributed by atoms with Crippen molar-refractivity contribution in [2.75, 3.05) is 62.2 Å². The van der Waals surface area contributed by atoms with Crippen LogP contribution in [0.3, 0.4) is 0 Å². The van der Waals surface area contributed by atoms with Gasteiger partial charge in [0.05, 0.1) is 6.54 Å². The molecule has 0 bridgehead atoms. The molecule has 0 spiro atoms. The van der Waals surface area contributed by atoms with Crippen LogP contribution in [-0.2, 0) is 13.1 Å². The molecule has 2 saturated heterocycles. The molecule has 0 saturated carbocycles. The highest BCUT2D eigenvalue weighted by Gasteiger charge is 2.23. The van der Waals surface area contributed by atoms with Gasteiger partial charge in [-0.25, -0.2) is 8.78 Å². The number of halogens is 2. The van der Waals surface area contributed by atoms with E-state index in [4.69, 9.17) is 11.3 Å². The molecule has 10 heteroatoms. The van der Waals surface area contributed by atoms with E-state index < -0.39 is 0 Å². The van der Waals surface area contributed by atoms with Crippen LogP contribution in [0.5, 0.6) is 0 Å². The fraction of sp³-hybridized carbons (Fsp3) is 0.368. The first-order chi connectivity index (χ1) is 23.3. The number of azide groups is 1. The topological polar surface area (TPSA) is 87.7 Å². The molecular formula is C38H46F2N8. The Kier molecular flexibility index (Phi) is 12.4. The minimum Gasteiger partial charge on any atom is -0.369 e. The van der Waals surface area contributed by atoms with E-state index in [0.717, 1.165) is 69.3 Å². The summed E-state index contributed by atoms with van der Waals surface area (Å²) in [5.74, 6) is -0.373.